The number of ether oxygens (including phenoxy) is 1. The first-order valence-corrected chi connectivity index (χ1v) is 9.81. The predicted octanol–water partition coefficient (Wildman–Crippen LogP) is 1.61. The van der Waals surface area contributed by atoms with Gasteiger partial charge in [0.1, 0.15) is 5.69 Å². The van der Waals surface area contributed by atoms with E-state index in [1.165, 1.54) is 5.56 Å². The van der Waals surface area contributed by atoms with E-state index >= 15 is 0 Å². The molecular formula is C19H28N6O2. The molecule has 0 radical (unpaired) electrons. The molecule has 27 heavy (non-hydrogen) atoms. The van der Waals surface area contributed by atoms with Crippen molar-refractivity contribution in [2.24, 2.45) is 0 Å². The number of carbonyl (C=O) groups is 1. The molecule has 1 fully saturated rings. The van der Waals surface area contributed by atoms with Crippen LogP contribution in [-0.2, 0) is 24.2 Å². The molecule has 1 saturated heterocycles. The van der Waals surface area contributed by atoms with Gasteiger partial charge < -0.3 is 9.64 Å². The number of nitrogens with one attached hydrogen (secondary N) is 1. The first-order valence-electron chi connectivity index (χ1n) is 9.81. The Morgan fingerprint density at radius 3 is 2.74 bits per heavy atom. The molecule has 0 spiro atoms. The molecule has 1 amide bonds. The Labute approximate surface area is 159 Å². The Hall–Kier alpha value is -2.19. The second-order valence-electron chi connectivity index (χ2n) is 7.50. The molecule has 2 aliphatic rings. The standard InChI is InChI=1S/C19H28N6O2/c1-4-25-18(16-9-13(2)27-14(3)17(16)22-25)19(26)24-7-5-23(6-8-24)12-15-10-20-21-11-15/h10-11,13-14H,4-9,12H2,1-3H3,(H,20,21)/t13-,14+/m0/s1. The van der Waals surface area contributed by atoms with E-state index in [1.54, 1.807) is 0 Å². The van der Waals surface area contributed by atoms with Gasteiger partial charge in [-0.15, -0.1) is 0 Å². The normalized spacial score (nSPS) is 23.4. The predicted molar refractivity (Wildman–Crippen MR) is 100 cm³/mol. The molecular weight excluding hydrogens is 344 g/mol. The van der Waals surface area contributed by atoms with Crippen molar-refractivity contribution in [2.75, 3.05) is 26.2 Å². The molecule has 0 aliphatic carbocycles. The van der Waals surface area contributed by atoms with Gasteiger partial charge >= 0.3 is 0 Å². The molecule has 8 heteroatoms. The number of hydrogen-bond acceptors (Lipinski definition) is 5. The highest BCUT2D eigenvalue weighted by Crippen LogP contribution is 2.32. The number of hydrogen-bond donors (Lipinski definition) is 1. The second-order valence-corrected chi connectivity index (χ2v) is 7.50. The van der Waals surface area contributed by atoms with E-state index in [2.05, 4.69) is 27.1 Å². The van der Waals surface area contributed by atoms with Crippen LogP contribution in [0.4, 0.5) is 0 Å². The van der Waals surface area contributed by atoms with E-state index in [0.717, 1.165) is 56.1 Å². The van der Waals surface area contributed by atoms with Crippen molar-refractivity contribution < 1.29 is 9.53 Å². The molecule has 2 aromatic heterocycles. The molecule has 1 N–H and O–H groups in total. The zero-order chi connectivity index (χ0) is 19.0. The Kier molecular flexibility index (Phi) is 5.01. The van der Waals surface area contributed by atoms with Crippen molar-refractivity contribution in [1.82, 2.24) is 29.8 Å². The van der Waals surface area contributed by atoms with Gasteiger partial charge in [-0.3, -0.25) is 19.5 Å². The zero-order valence-corrected chi connectivity index (χ0v) is 16.3. The topological polar surface area (TPSA) is 79.3 Å². The van der Waals surface area contributed by atoms with Crippen molar-refractivity contribution in [1.29, 1.82) is 0 Å². The second kappa shape index (κ2) is 7.44. The van der Waals surface area contributed by atoms with Crippen molar-refractivity contribution in [3.05, 3.63) is 34.9 Å². The number of fused-ring (bicyclic) bond motifs is 1. The van der Waals surface area contributed by atoms with Gasteiger partial charge in [0.15, 0.2) is 0 Å². The number of aryl methyl sites for hydroxylation is 1. The third-order valence-corrected chi connectivity index (χ3v) is 5.52. The van der Waals surface area contributed by atoms with Gasteiger partial charge in [0.25, 0.3) is 5.91 Å². The monoisotopic (exact) mass is 372 g/mol. The van der Waals surface area contributed by atoms with Crippen molar-refractivity contribution in [3.8, 4) is 0 Å². The fourth-order valence-corrected chi connectivity index (χ4v) is 4.14. The molecule has 2 atom stereocenters. The number of H-pyrrole nitrogens is 1. The quantitative estimate of drug-likeness (QED) is 0.882. The minimum absolute atomic E-state index is 0.0603. The number of nitrogens with zero attached hydrogens (tertiary/aromatic N) is 5. The zero-order valence-electron chi connectivity index (χ0n) is 16.3. The molecule has 0 aromatic carbocycles. The summed E-state index contributed by atoms with van der Waals surface area (Å²) < 4.78 is 7.76. The van der Waals surface area contributed by atoms with Crippen LogP contribution in [-0.4, -0.2) is 68.0 Å². The van der Waals surface area contributed by atoms with Gasteiger partial charge in [0, 0.05) is 63.0 Å². The SMILES string of the molecule is CCn1nc2c(c1C(=O)N1CCN(Cc3cn[nH]c3)CC1)C[C@H](C)O[C@@H]2C. The third kappa shape index (κ3) is 3.51. The van der Waals surface area contributed by atoms with Crippen LogP contribution in [0.25, 0.3) is 0 Å². The van der Waals surface area contributed by atoms with Crippen LogP contribution in [0.1, 0.15) is 54.2 Å². The Bertz CT molecular complexity index is 791. The fourth-order valence-electron chi connectivity index (χ4n) is 4.14. The molecule has 4 heterocycles. The van der Waals surface area contributed by atoms with Gasteiger partial charge in [0.05, 0.1) is 24.1 Å². The van der Waals surface area contributed by atoms with E-state index < -0.39 is 0 Å². The fraction of sp³-hybridized carbons (Fsp3) is 0.632. The smallest absolute Gasteiger partial charge is 0.272 e. The highest BCUT2D eigenvalue weighted by atomic mass is 16.5. The largest absolute Gasteiger partial charge is 0.369 e. The summed E-state index contributed by atoms with van der Waals surface area (Å²) in [5.74, 6) is 0.106. The van der Waals surface area contributed by atoms with Crippen LogP contribution in [0.15, 0.2) is 12.4 Å². The summed E-state index contributed by atoms with van der Waals surface area (Å²) >= 11 is 0. The maximum Gasteiger partial charge on any atom is 0.272 e. The van der Waals surface area contributed by atoms with Gasteiger partial charge in [-0.1, -0.05) is 0 Å². The number of carbonyl (C=O) groups excluding carboxylic acids is 1. The van der Waals surface area contributed by atoms with E-state index in [0.29, 0.717) is 6.54 Å². The summed E-state index contributed by atoms with van der Waals surface area (Å²) in [5, 5.41) is 11.5. The van der Waals surface area contributed by atoms with Crippen LogP contribution >= 0.6 is 0 Å². The lowest BCUT2D eigenvalue weighted by molar-refractivity contribution is -0.00718. The van der Waals surface area contributed by atoms with Crippen molar-refractivity contribution in [3.63, 3.8) is 0 Å². The number of piperazine rings is 1. The molecule has 8 nitrogen and oxygen atoms in total. The minimum atomic E-state index is -0.0603. The van der Waals surface area contributed by atoms with Gasteiger partial charge in [-0.2, -0.15) is 10.2 Å². The third-order valence-electron chi connectivity index (χ3n) is 5.52. The Morgan fingerprint density at radius 2 is 2.07 bits per heavy atom. The molecule has 2 aliphatic heterocycles. The van der Waals surface area contributed by atoms with E-state index in [4.69, 9.17) is 4.74 Å². The van der Waals surface area contributed by atoms with E-state index in [1.807, 2.05) is 35.8 Å². The Morgan fingerprint density at radius 1 is 1.30 bits per heavy atom. The van der Waals surface area contributed by atoms with Crippen LogP contribution in [0.5, 0.6) is 0 Å². The van der Waals surface area contributed by atoms with Gasteiger partial charge in [-0.05, 0) is 20.8 Å². The summed E-state index contributed by atoms with van der Waals surface area (Å²) in [7, 11) is 0. The van der Waals surface area contributed by atoms with Gasteiger partial charge in [0.2, 0.25) is 0 Å². The van der Waals surface area contributed by atoms with Crippen LogP contribution in [0, 0.1) is 0 Å². The molecule has 0 bridgehead atoms. The first kappa shape index (κ1) is 18.2. The highest BCUT2D eigenvalue weighted by Gasteiger charge is 2.34. The summed E-state index contributed by atoms with van der Waals surface area (Å²) in [6.45, 7) is 10.9. The number of aromatic amines is 1. The van der Waals surface area contributed by atoms with Crippen LogP contribution < -0.4 is 0 Å². The number of aromatic nitrogens is 4. The number of amides is 1. The minimum Gasteiger partial charge on any atom is -0.369 e. The average molecular weight is 372 g/mol. The van der Waals surface area contributed by atoms with E-state index in [9.17, 15) is 4.79 Å². The molecule has 4 rings (SSSR count). The lowest BCUT2D eigenvalue weighted by atomic mass is 9.99. The summed E-state index contributed by atoms with van der Waals surface area (Å²) in [5.41, 5.74) is 3.94. The summed E-state index contributed by atoms with van der Waals surface area (Å²) in [6, 6.07) is 0. The molecule has 0 unspecified atom stereocenters. The van der Waals surface area contributed by atoms with Crippen molar-refractivity contribution in [2.45, 2.75) is 52.5 Å². The molecule has 0 saturated carbocycles. The average Bonchev–Trinajstić information content (AvgIpc) is 3.29. The Balaban J connectivity index is 1.49. The van der Waals surface area contributed by atoms with Crippen LogP contribution in [0.2, 0.25) is 0 Å². The van der Waals surface area contributed by atoms with Crippen LogP contribution in [0.3, 0.4) is 0 Å². The first-order chi connectivity index (χ1) is 13.1. The van der Waals surface area contributed by atoms with E-state index in [-0.39, 0.29) is 18.1 Å². The lowest BCUT2D eigenvalue weighted by Gasteiger charge is -2.35. The summed E-state index contributed by atoms with van der Waals surface area (Å²) in [4.78, 5) is 17.7. The maximum atomic E-state index is 13.3. The lowest BCUT2D eigenvalue weighted by Crippen LogP contribution is -2.48. The number of rotatable bonds is 4. The maximum absolute atomic E-state index is 13.3. The van der Waals surface area contributed by atoms with Gasteiger partial charge in [-0.25, -0.2) is 0 Å². The highest BCUT2D eigenvalue weighted by molar-refractivity contribution is 5.94. The molecule has 2 aromatic rings. The van der Waals surface area contributed by atoms with Crippen molar-refractivity contribution >= 4 is 5.91 Å². The molecule has 146 valence electrons. The summed E-state index contributed by atoms with van der Waals surface area (Å²) in [6.07, 6.45) is 4.58.